The molecule has 11 heteroatoms. The van der Waals surface area contributed by atoms with Crippen LogP contribution in [0.5, 0.6) is 5.75 Å². The highest BCUT2D eigenvalue weighted by Gasteiger charge is 2.21. The predicted molar refractivity (Wildman–Crippen MR) is 101 cm³/mol. The van der Waals surface area contributed by atoms with Gasteiger partial charge in [0.05, 0.1) is 28.9 Å². The third-order valence-corrected chi connectivity index (χ3v) is 4.43. The van der Waals surface area contributed by atoms with Crippen molar-refractivity contribution in [3.8, 4) is 5.75 Å². The summed E-state index contributed by atoms with van der Waals surface area (Å²) in [7, 11) is -3.12. The van der Waals surface area contributed by atoms with Crippen molar-refractivity contribution in [2.24, 2.45) is 5.10 Å². The second kappa shape index (κ2) is 8.25. The predicted octanol–water partition coefficient (Wildman–Crippen LogP) is 3.13. The molecule has 0 aliphatic carbocycles. The minimum absolute atomic E-state index is 0.0232. The number of hydrogen-bond acceptors (Lipinski definition) is 7. The van der Waals surface area contributed by atoms with Crippen LogP contribution in [0.4, 0.5) is 11.4 Å². The highest BCUT2D eigenvalue weighted by molar-refractivity contribution is 7.85. The summed E-state index contributed by atoms with van der Waals surface area (Å²) in [5.41, 5.74) is 2.88. The van der Waals surface area contributed by atoms with Crippen molar-refractivity contribution in [3.63, 3.8) is 0 Å². The number of carboxylic acid groups (broad SMARTS) is 1. The molecule has 2 aromatic carbocycles. The molecule has 144 valence electrons. The molecule has 0 bridgehead atoms. The summed E-state index contributed by atoms with van der Waals surface area (Å²) in [6.45, 7) is 1.61. The van der Waals surface area contributed by atoms with Crippen LogP contribution in [-0.4, -0.2) is 37.4 Å². The van der Waals surface area contributed by atoms with Crippen LogP contribution in [0.25, 0.3) is 0 Å². The molecule has 0 fully saturated rings. The van der Waals surface area contributed by atoms with Crippen molar-refractivity contribution in [2.45, 2.75) is 11.8 Å². The second-order valence-electron chi connectivity index (χ2n) is 5.10. The van der Waals surface area contributed by atoms with Crippen molar-refractivity contribution in [1.82, 2.24) is 0 Å². The van der Waals surface area contributed by atoms with E-state index in [-0.39, 0.29) is 5.69 Å². The summed E-state index contributed by atoms with van der Waals surface area (Å²) in [5, 5.41) is 15.0. The maximum atomic E-state index is 11.6. The van der Waals surface area contributed by atoms with Gasteiger partial charge in [-0.15, -0.1) is 0 Å². The van der Waals surface area contributed by atoms with Crippen LogP contribution < -0.4 is 15.3 Å². The first-order valence-electron chi connectivity index (χ1n) is 7.41. The molecule has 2 aromatic rings. The SMILES string of the molecule is C/C=N\N(Nc1cc(Cl)ccc1OC)c1ccc(S(=O)(=O)O)cc1C(=O)O. The highest BCUT2D eigenvalue weighted by Crippen LogP contribution is 2.31. The number of aromatic carboxylic acids is 1. The van der Waals surface area contributed by atoms with Gasteiger partial charge in [0.2, 0.25) is 0 Å². The summed E-state index contributed by atoms with van der Waals surface area (Å²) in [5.74, 6) is -0.992. The lowest BCUT2D eigenvalue weighted by atomic mass is 10.2. The van der Waals surface area contributed by atoms with Crippen molar-refractivity contribution >= 4 is 45.3 Å². The Hall–Kier alpha value is -2.82. The Kier molecular flexibility index (Phi) is 6.26. The maximum absolute atomic E-state index is 11.6. The minimum Gasteiger partial charge on any atom is -0.495 e. The quantitative estimate of drug-likeness (QED) is 0.358. The van der Waals surface area contributed by atoms with E-state index in [4.69, 9.17) is 20.9 Å². The van der Waals surface area contributed by atoms with Gasteiger partial charge in [0.25, 0.3) is 10.1 Å². The fourth-order valence-corrected chi connectivity index (χ4v) is 2.86. The zero-order valence-electron chi connectivity index (χ0n) is 14.2. The molecular weight excluding hydrogens is 398 g/mol. The lowest BCUT2D eigenvalue weighted by Gasteiger charge is -2.24. The van der Waals surface area contributed by atoms with E-state index in [2.05, 4.69) is 10.5 Å². The number of hydrazine groups is 1. The summed E-state index contributed by atoms with van der Waals surface area (Å²) in [6.07, 6.45) is 1.40. The molecule has 2 rings (SSSR count). The molecule has 0 aliphatic heterocycles. The molecule has 0 saturated carbocycles. The molecule has 27 heavy (non-hydrogen) atoms. The molecule has 0 heterocycles. The van der Waals surface area contributed by atoms with Gasteiger partial charge in [-0.3, -0.25) is 9.98 Å². The number of nitrogens with zero attached hydrogens (tertiary/aromatic N) is 2. The lowest BCUT2D eigenvalue weighted by Crippen LogP contribution is -2.26. The smallest absolute Gasteiger partial charge is 0.338 e. The number of anilines is 2. The Balaban J connectivity index is 2.57. The largest absolute Gasteiger partial charge is 0.495 e. The van der Waals surface area contributed by atoms with Crippen molar-refractivity contribution < 1.29 is 27.6 Å². The Bertz CT molecular complexity index is 994. The average Bonchev–Trinajstić information content (AvgIpc) is 2.60. The van der Waals surface area contributed by atoms with E-state index in [1.165, 1.54) is 19.4 Å². The first kappa shape index (κ1) is 20.5. The fraction of sp³-hybridized carbons (Fsp3) is 0.125. The van der Waals surface area contributed by atoms with Gasteiger partial charge in [0, 0.05) is 11.2 Å². The number of methoxy groups -OCH3 is 1. The van der Waals surface area contributed by atoms with E-state index in [1.807, 2.05) is 0 Å². The molecule has 0 aromatic heterocycles. The standard InChI is InChI=1S/C16H16ClN3O6S/c1-3-18-20(19-13-8-10(17)4-7-15(13)26-2)14-6-5-11(27(23,24)25)9-12(14)16(21)22/h3-9,19H,1-2H3,(H,21,22)(H,23,24,25)/b18-3-. The zero-order chi connectivity index (χ0) is 20.2. The average molecular weight is 414 g/mol. The van der Waals surface area contributed by atoms with Crippen molar-refractivity contribution in [1.29, 1.82) is 0 Å². The van der Waals surface area contributed by atoms with Crippen molar-refractivity contribution in [3.05, 3.63) is 47.0 Å². The summed E-state index contributed by atoms with van der Waals surface area (Å²) < 4.78 is 37.0. The molecule has 0 atom stereocenters. The normalized spacial score (nSPS) is 11.4. The number of rotatable bonds is 7. The van der Waals surface area contributed by atoms with E-state index in [0.29, 0.717) is 16.5 Å². The monoisotopic (exact) mass is 413 g/mol. The van der Waals surface area contributed by atoms with E-state index >= 15 is 0 Å². The Morgan fingerprint density at radius 3 is 2.56 bits per heavy atom. The van der Waals surface area contributed by atoms with Gasteiger partial charge in [0.15, 0.2) is 0 Å². The van der Waals surface area contributed by atoms with Crippen LogP contribution >= 0.6 is 11.6 Å². The molecule has 0 spiro atoms. The first-order chi connectivity index (χ1) is 12.7. The number of ether oxygens (including phenoxy) is 1. The number of nitrogens with one attached hydrogen (secondary N) is 1. The van der Waals surface area contributed by atoms with Gasteiger partial charge in [-0.05, 0) is 43.3 Å². The van der Waals surface area contributed by atoms with Crippen LogP contribution in [-0.2, 0) is 10.1 Å². The third kappa shape index (κ3) is 4.88. The lowest BCUT2D eigenvalue weighted by molar-refractivity contribution is 0.0697. The number of hydrazone groups is 1. The Morgan fingerprint density at radius 2 is 2.00 bits per heavy atom. The van der Waals surface area contributed by atoms with Gasteiger partial charge < -0.3 is 9.84 Å². The van der Waals surface area contributed by atoms with E-state index < -0.39 is 26.5 Å². The van der Waals surface area contributed by atoms with Gasteiger partial charge in [-0.2, -0.15) is 18.6 Å². The van der Waals surface area contributed by atoms with Gasteiger partial charge in [0.1, 0.15) is 5.75 Å². The molecule has 0 saturated heterocycles. The van der Waals surface area contributed by atoms with E-state index in [1.54, 1.807) is 25.1 Å². The van der Waals surface area contributed by atoms with Gasteiger partial charge in [-0.25, -0.2) is 4.79 Å². The third-order valence-electron chi connectivity index (χ3n) is 3.34. The van der Waals surface area contributed by atoms with Crippen molar-refractivity contribution in [2.75, 3.05) is 17.7 Å². The zero-order valence-corrected chi connectivity index (χ0v) is 15.8. The summed E-state index contributed by atoms with van der Waals surface area (Å²) in [4.78, 5) is 11.1. The topological polar surface area (TPSA) is 129 Å². The Labute approximate surface area is 160 Å². The first-order valence-corrected chi connectivity index (χ1v) is 9.23. The fourth-order valence-electron chi connectivity index (χ4n) is 2.18. The number of carbonyl (C=O) groups is 1. The van der Waals surface area contributed by atoms with Crippen LogP contribution in [0.15, 0.2) is 46.4 Å². The number of hydrogen-bond donors (Lipinski definition) is 3. The summed E-state index contributed by atoms with van der Waals surface area (Å²) >= 11 is 5.99. The molecule has 9 nitrogen and oxygen atoms in total. The second-order valence-corrected chi connectivity index (χ2v) is 6.96. The minimum atomic E-state index is -4.57. The molecule has 0 aliphatic rings. The summed E-state index contributed by atoms with van der Waals surface area (Å²) in [6, 6.07) is 7.87. The highest BCUT2D eigenvalue weighted by atomic mass is 35.5. The van der Waals surface area contributed by atoms with Crippen LogP contribution in [0.2, 0.25) is 5.02 Å². The Morgan fingerprint density at radius 1 is 1.30 bits per heavy atom. The molecular formula is C16H16ClN3O6S. The van der Waals surface area contributed by atoms with Crippen LogP contribution in [0, 0.1) is 0 Å². The van der Waals surface area contributed by atoms with Crippen LogP contribution in [0.3, 0.4) is 0 Å². The van der Waals surface area contributed by atoms with Gasteiger partial charge in [-0.1, -0.05) is 11.6 Å². The van der Waals surface area contributed by atoms with E-state index in [9.17, 15) is 18.3 Å². The molecule has 0 radical (unpaired) electrons. The van der Waals surface area contributed by atoms with E-state index in [0.717, 1.165) is 17.3 Å². The van der Waals surface area contributed by atoms with Gasteiger partial charge >= 0.3 is 5.97 Å². The number of halogens is 1. The molecule has 0 amide bonds. The van der Waals surface area contributed by atoms with Crippen LogP contribution in [0.1, 0.15) is 17.3 Å². The maximum Gasteiger partial charge on any atom is 0.338 e. The molecule has 3 N–H and O–H groups in total. The number of benzene rings is 2. The molecule has 0 unspecified atom stereocenters. The number of carboxylic acids is 1.